The van der Waals surface area contributed by atoms with Gasteiger partial charge in [-0.05, 0) is 42.5 Å². The molecular formula is C24H18F3N3O5. The van der Waals surface area contributed by atoms with Gasteiger partial charge >= 0.3 is 11.9 Å². The van der Waals surface area contributed by atoms with E-state index in [1.807, 2.05) is 0 Å². The summed E-state index contributed by atoms with van der Waals surface area (Å²) in [6.45, 7) is -0.565. The van der Waals surface area contributed by atoms with Crippen LogP contribution < -0.4 is 26.0 Å². The van der Waals surface area contributed by atoms with Gasteiger partial charge in [-0.2, -0.15) is 13.2 Å². The normalized spacial score (nSPS) is 11.3. The topological polar surface area (TPSA) is 102 Å². The summed E-state index contributed by atoms with van der Waals surface area (Å²) in [6, 6.07) is 15.2. The molecule has 0 saturated carbocycles. The molecule has 1 aromatic heterocycles. The molecule has 0 aliphatic carbocycles. The van der Waals surface area contributed by atoms with Crippen LogP contribution in [0.3, 0.4) is 0 Å². The number of H-pyrrole nitrogens is 1. The van der Waals surface area contributed by atoms with E-state index in [9.17, 15) is 27.6 Å². The average Bonchev–Trinajstić information content (AvgIpc) is 2.82. The van der Waals surface area contributed by atoms with E-state index in [0.717, 1.165) is 22.8 Å². The first kappa shape index (κ1) is 23.6. The second kappa shape index (κ2) is 9.37. The quantitative estimate of drug-likeness (QED) is 0.427. The number of ether oxygens (including phenoxy) is 2. The van der Waals surface area contributed by atoms with Crippen molar-refractivity contribution in [2.45, 2.75) is 12.7 Å². The number of hydrogen-bond donors (Lipinski definition) is 2. The molecule has 3 aromatic carbocycles. The van der Waals surface area contributed by atoms with Crippen molar-refractivity contribution < 1.29 is 27.4 Å². The number of methoxy groups -OCH3 is 1. The van der Waals surface area contributed by atoms with Crippen molar-refractivity contribution in [2.24, 2.45) is 0 Å². The lowest BCUT2D eigenvalue weighted by Crippen LogP contribution is -2.34. The molecule has 0 bridgehead atoms. The van der Waals surface area contributed by atoms with Crippen molar-refractivity contribution >= 4 is 22.5 Å². The van der Waals surface area contributed by atoms with Crippen molar-refractivity contribution in [1.82, 2.24) is 9.55 Å². The third-order valence-electron chi connectivity index (χ3n) is 5.06. The zero-order valence-electron chi connectivity index (χ0n) is 18.2. The molecule has 0 saturated heterocycles. The first-order valence-corrected chi connectivity index (χ1v) is 10.2. The van der Waals surface area contributed by atoms with Gasteiger partial charge in [0.05, 0.1) is 29.3 Å². The van der Waals surface area contributed by atoms with Gasteiger partial charge in [0.25, 0.3) is 5.56 Å². The highest BCUT2D eigenvalue weighted by molar-refractivity contribution is 5.93. The lowest BCUT2D eigenvalue weighted by Gasteiger charge is -2.16. The van der Waals surface area contributed by atoms with Crippen LogP contribution in [0.4, 0.5) is 18.9 Å². The van der Waals surface area contributed by atoms with Crippen molar-refractivity contribution in [3.8, 4) is 17.2 Å². The number of carbonyl (C=O) groups is 1. The number of hydrogen-bond acceptors (Lipinski definition) is 5. The minimum absolute atomic E-state index is 0.0572. The molecule has 0 unspecified atom stereocenters. The predicted octanol–water partition coefficient (Wildman–Crippen LogP) is 4.15. The fourth-order valence-corrected chi connectivity index (χ4v) is 3.42. The third-order valence-corrected chi connectivity index (χ3v) is 5.06. The number of fused-ring (bicyclic) bond motifs is 1. The van der Waals surface area contributed by atoms with E-state index >= 15 is 0 Å². The standard InChI is InChI=1S/C24H18F3N3O5/c1-34-15-5-4-6-16(12-15)35-20-10-9-14(24(25,26)27)11-18(20)28-21(31)13-30-19-8-3-2-7-17(19)22(32)29-23(30)33/h2-12H,13H2,1H3,(H,28,31)(H,29,32,33). The Morgan fingerprint density at radius 3 is 2.49 bits per heavy atom. The number of aromatic nitrogens is 2. The molecule has 4 rings (SSSR count). The zero-order chi connectivity index (χ0) is 25.2. The SMILES string of the molecule is COc1cccc(Oc2ccc(C(F)(F)F)cc2NC(=O)Cn2c(=O)[nH]c(=O)c3ccccc32)c1. The van der Waals surface area contributed by atoms with E-state index < -0.39 is 35.4 Å². The molecule has 0 spiro atoms. The maximum Gasteiger partial charge on any atom is 0.416 e. The fourth-order valence-electron chi connectivity index (χ4n) is 3.42. The van der Waals surface area contributed by atoms with Crippen molar-refractivity contribution in [1.29, 1.82) is 0 Å². The van der Waals surface area contributed by atoms with Crippen LogP contribution in [0.2, 0.25) is 0 Å². The first-order valence-electron chi connectivity index (χ1n) is 10.2. The molecule has 4 aromatic rings. The van der Waals surface area contributed by atoms with E-state index in [-0.39, 0.29) is 28.1 Å². The van der Waals surface area contributed by atoms with Crippen LogP contribution in [-0.4, -0.2) is 22.6 Å². The third kappa shape index (κ3) is 5.18. The number of alkyl halides is 3. The molecular weight excluding hydrogens is 467 g/mol. The summed E-state index contributed by atoms with van der Waals surface area (Å²) in [4.78, 5) is 39.3. The maximum absolute atomic E-state index is 13.3. The fraction of sp³-hybridized carbons (Fsp3) is 0.125. The smallest absolute Gasteiger partial charge is 0.416 e. The van der Waals surface area contributed by atoms with Gasteiger partial charge in [0.2, 0.25) is 5.91 Å². The molecule has 1 amide bonds. The van der Waals surface area contributed by atoms with Gasteiger partial charge in [0, 0.05) is 6.07 Å². The van der Waals surface area contributed by atoms with Crippen molar-refractivity contribution in [3.63, 3.8) is 0 Å². The summed E-state index contributed by atoms with van der Waals surface area (Å²) in [6.07, 6.45) is -4.67. The minimum atomic E-state index is -4.67. The highest BCUT2D eigenvalue weighted by Crippen LogP contribution is 2.37. The van der Waals surface area contributed by atoms with Crippen LogP contribution in [0.15, 0.2) is 76.3 Å². The van der Waals surface area contributed by atoms with Gasteiger partial charge in [0.1, 0.15) is 18.0 Å². The average molecular weight is 485 g/mol. The summed E-state index contributed by atoms with van der Waals surface area (Å²) in [5, 5.41) is 2.56. The molecule has 0 radical (unpaired) electrons. The van der Waals surface area contributed by atoms with Gasteiger partial charge in [-0.15, -0.1) is 0 Å². The van der Waals surface area contributed by atoms with Gasteiger partial charge < -0.3 is 14.8 Å². The van der Waals surface area contributed by atoms with Crippen LogP contribution in [0, 0.1) is 0 Å². The minimum Gasteiger partial charge on any atom is -0.497 e. The monoisotopic (exact) mass is 485 g/mol. The number of anilines is 1. The predicted molar refractivity (Wildman–Crippen MR) is 122 cm³/mol. The summed E-state index contributed by atoms with van der Waals surface area (Å²) >= 11 is 0. The summed E-state index contributed by atoms with van der Waals surface area (Å²) in [7, 11) is 1.45. The number of para-hydroxylation sites is 1. The molecule has 2 N–H and O–H groups in total. The zero-order valence-corrected chi connectivity index (χ0v) is 18.2. The number of carbonyl (C=O) groups excluding carboxylic acids is 1. The van der Waals surface area contributed by atoms with Crippen LogP contribution in [0.1, 0.15) is 5.56 Å². The molecule has 35 heavy (non-hydrogen) atoms. The van der Waals surface area contributed by atoms with Crippen molar-refractivity contribution in [2.75, 3.05) is 12.4 Å². The Hall–Kier alpha value is -4.54. The Labute approximate surface area is 195 Å². The largest absolute Gasteiger partial charge is 0.497 e. The van der Waals surface area contributed by atoms with Crippen LogP contribution in [-0.2, 0) is 17.5 Å². The Balaban J connectivity index is 1.68. The second-order valence-corrected chi connectivity index (χ2v) is 7.40. The van der Waals surface area contributed by atoms with Gasteiger partial charge in [-0.25, -0.2) is 4.79 Å². The number of amides is 1. The number of nitrogens with zero attached hydrogens (tertiary/aromatic N) is 1. The number of halogens is 3. The van der Waals surface area contributed by atoms with E-state index in [4.69, 9.17) is 9.47 Å². The van der Waals surface area contributed by atoms with E-state index in [0.29, 0.717) is 5.75 Å². The number of nitrogens with one attached hydrogen (secondary N) is 2. The molecule has 0 fully saturated rings. The molecule has 8 nitrogen and oxygen atoms in total. The lowest BCUT2D eigenvalue weighted by atomic mass is 10.1. The van der Waals surface area contributed by atoms with Crippen LogP contribution in [0.25, 0.3) is 10.9 Å². The molecule has 0 aliphatic rings. The molecule has 11 heteroatoms. The Bertz CT molecular complexity index is 1530. The molecule has 1 heterocycles. The molecule has 180 valence electrons. The highest BCUT2D eigenvalue weighted by atomic mass is 19.4. The Kier molecular flexibility index (Phi) is 6.32. The lowest BCUT2D eigenvalue weighted by molar-refractivity contribution is -0.137. The number of aromatic amines is 1. The van der Waals surface area contributed by atoms with Crippen LogP contribution in [0.5, 0.6) is 17.2 Å². The van der Waals surface area contributed by atoms with Gasteiger partial charge in [-0.1, -0.05) is 18.2 Å². The Morgan fingerprint density at radius 1 is 1.00 bits per heavy atom. The van der Waals surface area contributed by atoms with E-state index in [2.05, 4.69) is 10.3 Å². The Morgan fingerprint density at radius 2 is 1.74 bits per heavy atom. The summed E-state index contributed by atoms with van der Waals surface area (Å²) in [5.74, 6) is -0.135. The van der Waals surface area contributed by atoms with Gasteiger partial charge in [-0.3, -0.25) is 19.1 Å². The molecule has 0 atom stereocenters. The highest BCUT2D eigenvalue weighted by Gasteiger charge is 2.31. The summed E-state index contributed by atoms with van der Waals surface area (Å²) in [5.41, 5.74) is -2.50. The van der Waals surface area contributed by atoms with Gasteiger partial charge in [0.15, 0.2) is 5.75 Å². The number of rotatable bonds is 6. The summed E-state index contributed by atoms with van der Waals surface area (Å²) < 4.78 is 51.8. The first-order chi connectivity index (χ1) is 16.7. The van der Waals surface area contributed by atoms with Crippen LogP contribution >= 0.6 is 0 Å². The van der Waals surface area contributed by atoms with Crippen molar-refractivity contribution in [3.05, 3.63) is 93.1 Å². The van der Waals surface area contributed by atoms with E-state index in [1.165, 1.54) is 25.3 Å². The number of benzene rings is 3. The van der Waals surface area contributed by atoms with E-state index in [1.54, 1.807) is 30.3 Å². The second-order valence-electron chi connectivity index (χ2n) is 7.40. The maximum atomic E-state index is 13.3. The molecule has 0 aliphatic heterocycles.